The highest BCUT2D eigenvalue weighted by Crippen LogP contribution is 2.35. The number of carbonyl (C=O) groups is 2. The van der Waals surface area contributed by atoms with E-state index in [-0.39, 0.29) is 11.8 Å². The van der Waals surface area contributed by atoms with Gasteiger partial charge in [-0.3, -0.25) is 9.69 Å². The standard InChI is InChI=1S/C27H26ClF3IN3O2/c1-15-8-17(27(29,30)31)11-24-21(15)12-18(33-24)13-22-23(28)3-2-20(25(22)32)26(37)35-6-4-34(5-7-35)19-9-16(10-19)14-36/h2-3,8,11-12,14,16,19,33H,4-7,9-10,13H2,1H3. The molecular formula is C27H26ClF3IN3O2. The van der Waals surface area contributed by atoms with Crippen molar-refractivity contribution in [1.29, 1.82) is 0 Å². The van der Waals surface area contributed by atoms with Crippen molar-refractivity contribution in [3.8, 4) is 0 Å². The smallest absolute Gasteiger partial charge is 0.358 e. The third-order valence-electron chi connectivity index (χ3n) is 7.57. The molecule has 1 aliphatic carbocycles. The fourth-order valence-corrected chi connectivity index (χ4v) is 6.63. The molecule has 196 valence electrons. The summed E-state index contributed by atoms with van der Waals surface area (Å²) in [5.74, 6) is 0.121. The Morgan fingerprint density at radius 2 is 1.86 bits per heavy atom. The van der Waals surface area contributed by atoms with Crippen molar-refractivity contribution in [2.24, 2.45) is 5.92 Å². The molecule has 1 aliphatic heterocycles. The van der Waals surface area contributed by atoms with Crippen LogP contribution in [-0.2, 0) is 17.4 Å². The van der Waals surface area contributed by atoms with Gasteiger partial charge in [-0.1, -0.05) is 11.6 Å². The average molecular weight is 644 g/mol. The van der Waals surface area contributed by atoms with Crippen LogP contribution in [0.15, 0.2) is 30.3 Å². The number of carbonyl (C=O) groups excluding carboxylic acids is 2. The first-order chi connectivity index (χ1) is 17.5. The summed E-state index contributed by atoms with van der Waals surface area (Å²) in [6, 6.07) is 8.02. The molecule has 0 bridgehead atoms. The number of aldehydes is 1. The number of aryl methyl sites for hydroxylation is 1. The number of nitrogens with zero attached hydrogens (tertiary/aromatic N) is 2. The zero-order valence-electron chi connectivity index (χ0n) is 20.2. The molecule has 1 amide bonds. The number of nitrogens with one attached hydrogen (secondary N) is 1. The molecule has 10 heteroatoms. The van der Waals surface area contributed by atoms with Crippen LogP contribution in [0.4, 0.5) is 13.2 Å². The van der Waals surface area contributed by atoms with E-state index in [2.05, 4.69) is 32.5 Å². The Hall–Kier alpha value is -2.11. The van der Waals surface area contributed by atoms with Gasteiger partial charge in [0.25, 0.3) is 5.91 Å². The topological polar surface area (TPSA) is 56.4 Å². The number of benzene rings is 2. The van der Waals surface area contributed by atoms with Crippen LogP contribution in [0, 0.1) is 16.4 Å². The Kier molecular flexibility index (Phi) is 7.32. The van der Waals surface area contributed by atoms with E-state index in [9.17, 15) is 22.8 Å². The van der Waals surface area contributed by atoms with Gasteiger partial charge in [0.15, 0.2) is 0 Å². The highest BCUT2D eigenvalue weighted by molar-refractivity contribution is 14.1. The van der Waals surface area contributed by atoms with Crippen LogP contribution in [0.3, 0.4) is 0 Å². The molecule has 1 aromatic heterocycles. The van der Waals surface area contributed by atoms with Gasteiger partial charge in [0.2, 0.25) is 0 Å². The van der Waals surface area contributed by atoms with Crippen LogP contribution < -0.4 is 0 Å². The Bertz CT molecular complexity index is 1360. The number of piperazine rings is 1. The number of aromatic nitrogens is 1. The van der Waals surface area contributed by atoms with Gasteiger partial charge in [0.05, 0.1) is 11.1 Å². The summed E-state index contributed by atoms with van der Waals surface area (Å²) >= 11 is 8.68. The molecule has 2 aliphatic rings. The van der Waals surface area contributed by atoms with E-state index in [1.165, 1.54) is 0 Å². The molecule has 37 heavy (non-hydrogen) atoms. The minimum absolute atomic E-state index is 0.0522. The maximum atomic E-state index is 13.4. The van der Waals surface area contributed by atoms with E-state index in [0.29, 0.717) is 47.2 Å². The van der Waals surface area contributed by atoms with Crippen LogP contribution >= 0.6 is 34.2 Å². The predicted octanol–water partition coefficient (Wildman–Crippen LogP) is 6.08. The molecule has 5 nitrogen and oxygen atoms in total. The SMILES string of the molecule is Cc1cc(C(F)(F)F)cc2[nH]c(Cc3c(Cl)ccc(C(=O)N4CCN(C5CC(C=O)C5)CC4)c3I)cc12. The summed E-state index contributed by atoms with van der Waals surface area (Å²) < 4.78 is 40.5. The number of amides is 1. The lowest BCUT2D eigenvalue weighted by Crippen LogP contribution is -2.55. The third-order valence-corrected chi connectivity index (χ3v) is 9.16. The zero-order chi connectivity index (χ0) is 26.5. The molecule has 2 aromatic carbocycles. The monoisotopic (exact) mass is 643 g/mol. The first kappa shape index (κ1) is 26.5. The molecule has 1 N–H and O–H groups in total. The molecule has 5 rings (SSSR count). The van der Waals surface area contributed by atoms with Crippen molar-refractivity contribution >= 4 is 57.3 Å². The van der Waals surface area contributed by atoms with Crippen molar-refractivity contribution in [3.05, 3.63) is 66.9 Å². The van der Waals surface area contributed by atoms with Crippen LogP contribution in [-0.4, -0.2) is 59.2 Å². The van der Waals surface area contributed by atoms with Gasteiger partial charge in [-0.25, -0.2) is 0 Å². The normalized spacial score (nSPS) is 20.8. The summed E-state index contributed by atoms with van der Waals surface area (Å²) in [6.07, 6.45) is -1.21. The number of hydrogen-bond acceptors (Lipinski definition) is 3. The first-order valence-corrected chi connectivity index (χ1v) is 13.7. The minimum Gasteiger partial charge on any atom is -0.358 e. The second kappa shape index (κ2) is 10.2. The summed E-state index contributed by atoms with van der Waals surface area (Å²) in [5, 5.41) is 1.23. The van der Waals surface area contributed by atoms with E-state index in [4.69, 9.17) is 11.6 Å². The molecule has 0 spiro atoms. The summed E-state index contributed by atoms with van der Waals surface area (Å²) in [7, 11) is 0. The number of aromatic amines is 1. The maximum absolute atomic E-state index is 13.4. The fourth-order valence-electron chi connectivity index (χ4n) is 5.35. The summed E-state index contributed by atoms with van der Waals surface area (Å²) in [5.41, 5.74) is 2.34. The van der Waals surface area contributed by atoms with E-state index >= 15 is 0 Å². The largest absolute Gasteiger partial charge is 0.416 e. The number of fused-ring (bicyclic) bond motifs is 1. The average Bonchev–Trinajstić information content (AvgIpc) is 3.24. The molecule has 1 saturated carbocycles. The second-order valence-electron chi connectivity index (χ2n) is 9.96. The quantitative estimate of drug-likeness (QED) is 0.271. The highest BCUT2D eigenvalue weighted by Gasteiger charge is 2.36. The fraction of sp³-hybridized carbons (Fsp3) is 0.407. The molecular weight excluding hydrogens is 618 g/mol. The third kappa shape index (κ3) is 5.27. The second-order valence-corrected chi connectivity index (χ2v) is 11.4. The molecule has 3 aromatic rings. The number of hydrogen-bond donors (Lipinski definition) is 1. The number of H-pyrrole nitrogens is 1. The predicted molar refractivity (Wildman–Crippen MR) is 145 cm³/mol. The minimum atomic E-state index is -4.42. The lowest BCUT2D eigenvalue weighted by molar-refractivity contribution is -0.137. The Balaban J connectivity index is 1.33. The van der Waals surface area contributed by atoms with Gasteiger partial charge in [-0.2, -0.15) is 13.2 Å². The Morgan fingerprint density at radius 1 is 1.16 bits per heavy atom. The van der Waals surface area contributed by atoms with Crippen LogP contribution in [0.25, 0.3) is 10.9 Å². The number of halogens is 5. The molecule has 2 heterocycles. The van der Waals surface area contributed by atoms with E-state index in [1.807, 2.05) is 11.0 Å². The first-order valence-electron chi connectivity index (χ1n) is 12.2. The van der Waals surface area contributed by atoms with E-state index in [0.717, 1.165) is 64.6 Å². The lowest BCUT2D eigenvalue weighted by Gasteiger charge is -2.45. The highest BCUT2D eigenvalue weighted by atomic mass is 127. The van der Waals surface area contributed by atoms with Gasteiger partial charge >= 0.3 is 6.18 Å². The summed E-state index contributed by atoms with van der Waals surface area (Å²) in [4.78, 5) is 31.6. The van der Waals surface area contributed by atoms with Crippen molar-refractivity contribution in [1.82, 2.24) is 14.8 Å². The van der Waals surface area contributed by atoms with Crippen molar-refractivity contribution in [2.75, 3.05) is 26.2 Å². The van der Waals surface area contributed by atoms with E-state index < -0.39 is 11.7 Å². The number of alkyl halides is 3. The van der Waals surface area contributed by atoms with E-state index in [1.54, 1.807) is 19.1 Å². The molecule has 0 radical (unpaired) electrons. The zero-order valence-corrected chi connectivity index (χ0v) is 23.1. The molecule has 0 unspecified atom stereocenters. The van der Waals surface area contributed by atoms with Crippen LogP contribution in [0.5, 0.6) is 0 Å². The maximum Gasteiger partial charge on any atom is 0.416 e. The lowest BCUT2D eigenvalue weighted by atomic mass is 9.80. The van der Waals surface area contributed by atoms with Gasteiger partial charge in [0.1, 0.15) is 6.29 Å². The summed E-state index contributed by atoms with van der Waals surface area (Å²) in [6.45, 7) is 4.48. The van der Waals surface area contributed by atoms with Gasteiger partial charge in [0, 0.05) is 69.7 Å². The van der Waals surface area contributed by atoms with Gasteiger partial charge < -0.3 is 14.7 Å². The Morgan fingerprint density at radius 3 is 2.51 bits per heavy atom. The van der Waals surface area contributed by atoms with Crippen molar-refractivity contribution < 1.29 is 22.8 Å². The molecule has 1 saturated heterocycles. The van der Waals surface area contributed by atoms with Crippen LogP contribution in [0.2, 0.25) is 5.02 Å². The van der Waals surface area contributed by atoms with Crippen molar-refractivity contribution in [2.45, 2.75) is 38.4 Å². The van der Waals surface area contributed by atoms with Gasteiger partial charge in [-0.15, -0.1) is 0 Å². The van der Waals surface area contributed by atoms with Crippen molar-refractivity contribution in [3.63, 3.8) is 0 Å². The molecule has 2 fully saturated rings. The van der Waals surface area contributed by atoms with Crippen LogP contribution in [0.1, 0.15) is 45.6 Å². The Labute approximate surface area is 231 Å². The van der Waals surface area contributed by atoms with Gasteiger partial charge in [-0.05, 0) is 83.8 Å². The molecule has 0 atom stereocenters. The number of rotatable bonds is 5.